The largest absolute Gasteiger partial charge is 0.472 e. The molecule has 286 valence electrons. The molecule has 0 aromatic heterocycles. The average molecular weight is 712 g/mol. The Morgan fingerprint density at radius 2 is 1.18 bits per heavy atom. The number of phosphoric acid groups is 1. The molecule has 3 atom stereocenters. The number of aliphatic hydroxyl groups excluding tert-OH is 1. The minimum absolute atomic E-state index is 0.0567. The molecule has 0 aliphatic rings. The van der Waals surface area contributed by atoms with Gasteiger partial charge in [0.2, 0.25) is 5.91 Å². The lowest BCUT2D eigenvalue weighted by molar-refractivity contribution is -0.870. The number of allylic oxidation sites excluding steroid dienone is 7. The molecule has 0 saturated carbocycles. The highest BCUT2D eigenvalue weighted by Crippen LogP contribution is 2.43. The Morgan fingerprint density at radius 1 is 0.694 bits per heavy atom. The van der Waals surface area contributed by atoms with E-state index >= 15 is 0 Å². The number of hydrogen-bond donors (Lipinski definition) is 3. The minimum atomic E-state index is -4.32. The van der Waals surface area contributed by atoms with Crippen LogP contribution in [0.15, 0.2) is 48.6 Å². The number of amides is 1. The lowest BCUT2D eigenvalue weighted by atomic mass is 10.1. The Balaban J connectivity index is 4.11. The molecule has 9 heteroatoms. The van der Waals surface area contributed by atoms with Gasteiger partial charge in [-0.05, 0) is 51.4 Å². The number of likely N-dealkylation sites (N-methyl/N-ethyl adjacent to an activating group) is 1. The molecular formula is C40H76N2O6P+. The van der Waals surface area contributed by atoms with Gasteiger partial charge in [0, 0.05) is 6.42 Å². The summed E-state index contributed by atoms with van der Waals surface area (Å²) in [6, 6.07) is -0.846. The number of phosphoric ester groups is 1. The van der Waals surface area contributed by atoms with Crippen LogP contribution in [-0.4, -0.2) is 73.4 Å². The Bertz CT molecular complexity index is 944. The molecule has 0 fully saturated rings. The maximum atomic E-state index is 12.7. The topological polar surface area (TPSA) is 105 Å². The van der Waals surface area contributed by atoms with Gasteiger partial charge in [0.25, 0.3) is 0 Å². The number of hydrogen-bond acceptors (Lipinski definition) is 5. The summed E-state index contributed by atoms with van der Waals surface area (Å²) in [7, 11) is 1.55. The molecule has 0 radical (unpaired) electrons. The van der Waals surface area contributed by atoms with E-state index in [9.17, 15) is 19.4 Å². The lowest BCUT2D eigenvalue weighted by Crippen LogP contribution is -2.45. The first-order valence-corrected chi connectivity index (χ1v) is 21.0. The third kappa shape index (κ3) is 34.7. The maximum absolute atomic E-state index is 12.7. The van der Waals surface area contributed by atoms with Crippen LogP contribution in [0.5, 0.6) is 0 Å². The quantitative estimate of drug-likeness (QED) is 0.0266. The SMILES string of the molecule is CCCC/C=C/C(O)C(COP(=O)(O)OCC[N+](C)(C)C)NC(=O)CCCCCCCCCC/C=C\C/C=C\C/C=C\CCCCCCC. The van der Waals surface area contributed by atoms with Crippen LogP contribution >= 0.6 is 7.82 Å². The first-order chi connectivity index (χ1) is 23.5. The Morgan fingerprint density at radius 3 is 1.73 bits per heavy atom. The fraction of sp³-hybridized carbons (Fsp3) is 0.775. The number of nitrogens with zero attached hydrogens (tertiary/aromatic N) is 1. The molecule has 0 heterocycles. The van der Waals surface area contributed by atoms with Crippen LogP contribution in [0.1, 0.15) is 149 Å². The predicted octanol–water partition coefficient (Wildman–Crippen LogP) is 10.1. The van der Waals surface area contributed by atoms with E-state index in [1.807, 2.05) is 27.2 Å². The Hall–Kier alpha value is -1.54. The summed E-state index contributed by atoms with van der Waals surface area (Å²) < 4.78 is 23.2. The number of nitrogens with one attached hydrogen (secondary N) is 1. The number of carbonyl (C=O) groups excluding carboxylic acids is 1. The third-order valence-electron chi connectivity index (χ3n) is 8.29. The van der Waals surface area contributed by atoms with E-state index in [1.54, 1.807) is 6.08 Å². The second-order valence-electron chi connectivity index (χ2n) is 14.3. The summed E-state index contributed by atoms with van der Waals surface area (Å²) in [6.07, 6.45) is 39.5. The molecular weight excluding hydrogens is 635 g/mol. The van der Waals surface area contributed by atoms with Crippen LogP contribution in [0.3, 0.4) is 0 Å². The van der Waals surface area contributed by atoms with Crippen molar-refractivity contribution in [2.45, 2.75) is 161 Å². The molecule has 3 unspecified atom stereocenters. The second-order valence-corrected chi connectivity index (χ2v) is 15.8. The Labute approximate surface area is 301 Å². The van der Waals surface area contributed by atoms with Crippen molar-refractivity contribution >= 4 is 13.7 Å². The summed E-state index contributed by atoms with van der Waals surface area (Å²) in [5, 5.41) is 13.5. The Kier molecular flexibility index (Phi) is 31.4. The van der Waals surface area contributed by atoms with Crippen molar-refractivity contribution in [3.05, 3.63) is 48.6 Å². The van der Waals surface area contributed by atoms with Crippen LogP contribution in [0.25, 0.3) is 0 Å². The molecule has 0 aliphatic heterocycles. The zero-order valence-corrected chi connectivity index (χ0v) is 33.1. The molecule has 1 amide bonds. The second kappa shape index (κ2) is 32.4. The number of rotatable bonds is 34. The number of carbonyl (C=O) groups is 1. The van der Waals surface area contributed by atoms with Crippen molar-refractivity contribution in [3.8, 4) is 0 Å². The summed E-state index contributed by atoms with van der Waals surface area (Å²) in [6.45, 7) is 4.62. The van der Waals surface area contributed by atoms with Gasteiger partial charge in [-0.3, -0.25) is 13.8 Å². The molecule has 0 saturated heterocycles. The van der Waals surface area contributed by atoms with E-state index in [0.29, 0.717) is 17.4 Å². The maximum Gasteiger partial charge on any atom is 0.472 e. The van der Waals surface area contributed by atoms with E-state index in [4.69, 9.17) is 9.05 Å². The molecule has 8 nitrogen and oxygen atoms in total. The molecule has 0 aromatic rings. The highest BCUT2D eigenvalue weighted by Gasteiger charge is 2.27. The van der Waals surface area contributed by atoms with E-state index in [1.165, 1.54) is 70.6 Å². The normalized spacial score (nSPS) is 15.2. The van der Waals surface area contributed by atoms with Gasteiger partial charge in [0.05, 0.1) is 39.9 Å². The average Bonchev–Trinajstić information content (AvgIpc) is 3.04. The van der Waals surface area contributed by atoms with Crippen LogP contribution in [0, 0.1) is 0 Å². The summed E-state index contributed by atoms with van der Waals surface area (Å²) in [5.41, 5.74) is 0. The summed E-state index contributed by atoms with van der Waals surface area (Å²) >= 11 is 0. The predicted molar refractivity (Wildman–Crippen MR) is 207 cm³/mol. The van der Waals surface area contributed by atoms with Gasteiger partial charge in [0.1, 0.15) is 13.2 Å². The molecule has 0 spiro atoms. The smallest absolute Gasteiger partial charge is 0.387 e. The van der Waals surface area contributed by atoms with Crippen molar-refractivity contribution in [2.24, 2.45) is 0 Å². The van der Waals surface area contributed by atoms with Gasteiger partial charge in [-0.1, -0.05) is 140 Å². The fourth-order valence-corrected chi connectivity index (χ4v) is 5.83. The first kappa shape index (κ1) is 47.5. The summed E-state index contributed by atoms with van der Waals surface area (Å²) in [4.78, 5) is 22.8. The van der Waals surface area contributed by atoms with Crippen LogP contribution in [0.2, 0.25) is 0 Å². The van der Waals surface area contributed by atoms with Crippen molar-refractivity contribution < 1.29 is 32.9 Å². The number of quaternary nitrogens is 1. The monoisotopic (exact) mass is 712 g/mol. The molecule has 49 heavy (non-hydrogen) atoms. The molecule has 0 rings (SSSR count). The fourth-order valence-electron chi connectivity index (χ4n) is 5.09. The van der Waals surface area contributed by atoms with Gasteiger partial charge in [0.15, 0.2) is 0 Å². The van der Waals surface area contributed by atoms with E-state index in [0.717, 1.165) is 57.8 Å². The number of unbranched alkanes of at least 4 members (excludes halogenated alkanes) is 15. The van der Waals surface area contributed by atoms with Crippen molar-refractivity contribution in [1.82, 2.24) is 5.32 Å². The van der Waals surface area contributed by atoms with Crippen LogP contribution in [0.4, 0.5) is 0 Å². The van der Waals surface area contributed by atoms with Gasteiger partial charge in [-0.2, -0.15) is 0 Å². The van der Waals surface area contributed by atoms with E-state index < -0.39 is 20.0 Å². The number of aliphatic hydroxyl groups is 1. The van der Waals surface area contributed by atoms with E-state index in [2.05, 4.69) is 55.6 Å². The zero-order valence-electron chi connectivity index (χ0n) is 32.2. The highest BCUT2D eigenvalue weighted by molar-refractivity contribution is 7.47. The third-order valence-corrected chi connectivity index (χ3v) is 9.28. The van der Waals surface area contributed by atoms with Crippen molar-refractivity contribution in [3.63, 3.8) is 0 Å². The lowest BCUT2D eigenvalue weighted by Gasteiger charge is -2.25. The van der Waals surface area contributed by atoms with Crippen molar-refractivity contribution in [2.75, 3.05) is 40.9 Å². The molecule has 0 aromatic carbocycles. The van der Waals surface area contributed by atoms with Gasteiger partial charge >= 0.3 is 7.82 Å². The van der Waals surface area contributed by atoms with Crippen LogP contribution in [-0.2, 0) is 18.4 Å². The van der Waals surface area contributed by atoms with Gasteiger partial charge in [-0.25, -0.2) is 4.57 Å². The zero-order chi connectivity index (χ0) is 36.5. The summed E-state index contributed by atoms with van der Waals surface area (Å²) in [5.74, 6) is -0.197. The highest BCUT2D eigenvalue weighted by atomic mass is 31.2. The van der Waals surface area contributed by atoms with Gasteiger partial charge < -0.3 is 19.8 Å². The molecule has 0 bridgehead atoms. The molecule has 0 aliphatic carbocycles. The van der Waals surface area contributed by atoms with Crippen molar-refractivity contribution in [1.29, 1.82) is 0 Å². The minimum Gasteiger partial charge on any atom is -0.387 e. The van der Waals surface area contributed by atoms with E-state index in [-0.39, 0.29) is 19.1 Å². The van der Waals surface area contributed by atoms with Crippen LogP contribution < -0.4 is 5.32 Å². The van der Waals surface area contributed by atoms with Gasteiger partial charge in [-0.15, -0.1) is 0 Å². The standard InChI is InChI=1S/C40H75N2O6P/c1-6-8-10-12-13-14-15-16-17-18-19-20-21-22-23-24-25-26-27-28-29-30-32-34-40(44)41-38(39(43)33-31-11-9-7-2)37-48-49(45,46)47-36-35-42(3,4)5/h15-16,18-19,21-22,31,33,38-39,43H,6-14,17,20,23-30,32,34-37H2,1-5H3,(H-,41,44,45,46)/p+1/b16-15-,19-18-,22-21-,33-31+. The molecule has 3 N–H and O–H groups in total. The first-order valence-electron chi connectivity index (χ1n) is 19.5.